The Bertz CT molecular complexity index is 1140. The first kappa shape index (κ1) is 21.8. The minimum atomic E-state index is -0.445. The fourth-order valence-corrected chi connectivity index (χ4v) is 4.77. The number of aryl methyl sites for hydroxylation is 2. The zero-order valence-corrected chi connectivity index (χ0v) is 18.6. The lowest BCUT2D eigenvalue weighted by molar-refractivity contribution is 0.0733. The Balaban J connectivity index is 1.64. The van der Waals surface area contributed by atoms with E-state index in [1.54, 1.807) is 30.3 Å². The van der Waals surface area contributed by atoms with Crippen molar-refractivity contribution in [2.45, 2.75) is 51.4 Å². The molecule has 0 heterocycles. The van der Waals surface area contributed by atoms with Crippen LogP contribution in [0.4, 0.5) is 0 Å². The molecule has 1 aliphatic carbocycles. The summed E-state index contributed by atoms with van der Waals surface area (Å²) in [6, 6.07) is 18.4. The third-order valence-electron chi connectivity index (χ3n) is 6.67. The Labute approximate surface area is 188 Å². The zero-order valence-electron chi connectivity index (χ0n) is 18.6. The van der Waals surface area contributed by atoms with Crippen LogP contribution in [0.2, 0.25) is 0 Å². The van der Waals surface area contributed by atoms with Crippen LogP contribution in [0.3, 0.4) is 0 Å². The summed E-state index contributed by atoms with van der Waals surface area (Å²) in [7, 11) is 0. The summed E-state index contributed by atoms with van der Waals surface area (Å²) >= 11 is 0. The first-order valence-electron chi connectivity index (χ1n) is 11.1. The van der Waals surface area contributed by atoms with Crippen molar-refractivity contribution in [2.24, 2.45) is 0 Å². The number of aldehydes is 1. The molecular formula is C28H28O4. The van der Waals surface area contributed by atoms with Crippen LogP contribution in [0, 0.1) is 13.8 Å². The van der Waals surface area contributed by atoms with Gasteiger partial charge in [-0.3, -0.25) is 4.79 Å². The molecule has 164 valence electrons. The van der Waals surface area contributed by atoms with Crippen LogP contribution in [0.1, 0.15) is 75.1 Å². The van der Waals surface area contributed by atoms with Gasteiger partial charge in [0.2, 0.25) is 0 Å². The number of phenolic OH excluding ortho intramolecular Hbond substituents is 1. The molecule has 4 heteroatoms. The first-order chi connectivity index (χ1) is 15.4. The smallest absolute Gasteiger partial charge is 0.343 e. The second-order valence-electron chi connectivity index (χ2n) is 8.75. The van der Waals surface area contributed by atoms with Crippen LogP contribution >= 0.6 is 0 Å². The number of carbonyl (C=O) groups is 2. The maximum absolute atomic E-state index is 12.6. The number of esters is 1. The third kappa shape index (κ3) is 4.18. The molecule has 1 N–H and O–H groups in total. The summed E-state index contributed by atoms with van der Waals surface area (Å²) in [6.07, 6.45) is 6.40. The Hall–Kier alpha value is -3.40. The molecule has 1 saturated carbocycles. The summed E-state index contributed by atoms with van der Waals surface area (Å²) in [5.74, 6) is 0.408. The molecule has 0 aromatic heterocycles. The van der Waals surface area contributed by atoms with Crippen molar-refractivity contribution in [1.82, 2.24) is 0 Å². The van der Waals surface area contributed by atoms with E-state index in [4.69, 9.17) is 4.74 Å². The van der Waals surface area contributed by atoms with Gasteiger partial charge < -0.3 is 9.84 Å². The molecule has 0 amide bonds. The highest BCUT2D eigenvalue weighted by molar-refractivity contribution is 5.92. The van der Waals surface area contributed by atoms with Gasteiger partial charge in [-0.25, -0.2) is 4.79 Å². The monoisotopic (exact) mass is 428 g/mol. The van der Waals surface area contributed by atoms with Crippen LogP contribution in [-0.2, 0) is 5.41 Å². The molecule has 1 aliphatic rings. The van der Waals surface area contributed by atoms with Crippen LogP contribution in [-0.4, -0.2) is 17.4 Å². The van der Waals surface area contributed by atoms with E-state index < -0.39 is 5.97 Å². The van der Waals surface area contributed by atoms with Crippen molar-refractivity contribution in [1.29, 1.82) is 0 Å². The molecule has 0 atom stereocenters. The van der Waals surface area contributed by atoms with Gasteiger partial charge in [0.25, 0.3) is 0 Å². The first-order valence-corrected chi connectivity index (χ1v) is 11.1. The molecule has 0 radical (unpaired) electrons. The summed E-state index contributed by atoms with van der Waals surface area (Å²) in [5.41, 5.74) is 5.05. The van der Waals surface area contributed by atoms with E-state index in [1.165, 1.54) is 17.5 Å². The van der Waals surface area contributed by atoms with Crippen molar-refractivity contribution in [3.63, 3.8) is 0 Å². The van der Waals surface area contributed by atoms with Gasteiger partial charge in [-0.1, -0.05) is 55.7 Å². The Morgan fingerprint density at radius 3 is 2.09 bits per heavy atom. The van der Waals surface area contributed by atoms with Crippen molar-refractivity contribution < 1.29 is 19.4 Å². The fourth-order valence-electron chi connectivity index (χ4n) is 4.77. The van der Waals surface area contributed by atoms with Gasteiger partial charge in [-0.15, -0.1) is 0 Å². The summed E-state index contributed by atoms with van der Waals surface area (Å²) in [5, 5.41) is 10.0. The van der Waals surface area contributed by atoms with Gasteiger partial charge >= 0.3 is 5.97 Å². The van der Waals surface area contributed by atoms with E-state index in [0.29, 0.717) is 22.6 Å². The highest BCUT2D eigenvalue weighted by Crippen LogP contribution is 2.46. The molecule has 3 aromatic rings. The molecule has 0 saturated heterocycles. The summed E-state index contributed by atoms with van der Waals surface area (Å²) in [6.45, 7) is 3.89. The Morgan fingerprint density at radius 1 is 0.875 bits per heavy atom. The molecule has 32 heavy (non-hydrogen) atoms. The third-order valence-corrected chi connectivity index (χ3v) is 6.67. The lowest BCUT2D eigenvalue weighted by Gasteiger charge is -2.39. The van der Waals surface area contributed by atoms with Crippen LogP contribution in [0.15, 0.2) is 60.7 Å². The minimum absolute atomic E-state index is 0.103. The fraction of sp³-hybridized carbons (Fsp3) is 0.286. The number of carbonyl (C=O) groups excluding carboxylic acids is 2. The van der Waals surface area contributed by atoms with Crippen LogP contribution in [0.25, 0.3) is 0 Å². The highest BCUT2D eigenvalue weighted by Gasteiger charge is 2.36. The average Bonchev–Trinajstić information content (AvgIpc) is 2.82. The molecule has 4 nitrogen and oxygen atoms in total. The number of hydrogen-bond donors (Lipinski definition) is 1. The van der Waals surface area contributed by atoms with Gasteiger partial charge in [-0.2, -0.15) is 0 Å². The number of hydrogen-bond acceptors (Lipinski definition) is 4. The number of benzene rings is 3. The quantitative estimate of drug-likeness (QED) is 0.295. The average molecular weight is 429 g/mol. The number of ether oxygens (including phenoxy) is 1. The van der Waals surface area contributed by atoms with E-state index >= 15 is 0 Å². The molecule has 0 aliphatic heterocycles. The highest BCUT2D eigenvalue weighted by atomic mass is 16.5. The van der Waals surface area contributed by atoms with Gasteiger partial charge in [0.1, 0.15) is 17.8 Å². The van der Waals surface area contributed by atoms with Crippen molar-refractivity contribution in [3.8, 4) is 11.5 Å². The van der Waals surface area contributed by atoms with Gasteiger partial charge in [0, 0.05) is 11.0 Å². The maximum atomic E-state index is 12.6. The van der Waals surface area contributed by atoms with Crippen LogP contribution < -0.4 is 4.74 Å². The molecule has 0 bridgehead atoms. The molecule has 4 rings (SSSR count). The Kier molecular flexibility index (Phi) is 6.13. The van der Waals surface area contributed by atoms with Gasteiger partial charge in [0.05, 0.1) is 5.56 Å². The summed E-state index contributed by atoms with van der Waals surface area (Å²) < 4.78 is 5.66. The maximum Gasteiger partial charge on any atom is 0.343 e. The van der Waals surface area contributed by atoms with Gasteiger partial charge in [-0.05, 0) is 73.2 Å². The largest absolute Gasteiger partial charge is 0.508 e. The molecule has 0 spiro atoms. The summed E-state index contributed by atoms with van der Waals surface area (Å²) in [4.78, 5) is 23.4. The van der Waals surface area contributed by atoms with E-state index in [1.807, 2.05) is 26.0 Å². The van der Waals surface area contributed by atoms with Crippen molar-refractivity contribution in [3.05, 3.63) is 94.0 Å². The normalized spacial score (nSPS) is 15.2. The predicted molar refractivity (Wildman–Crippen MR) is 125 cm³/mol. The number of phenols is 1. The number of rotatable bonds is 5. The number of aromatic hydroxyl groups is 1. The predicted octanol–water partition coefficient (Wildman–Crippen LogP) is 6.29. The Morgan fingerprint density at radius 2 is 1.50 bits per heavy atom. The molecule has 0 unspecified atom stereocenters. The van der Waals surface area contributed by atoms with E-state index in [-0.39, 0.29) is 5.41 Å². The lowest BCUT2D eigenvalue weighted by atomic mass is 9.65. The van der Waals surface area contributed by atoms with E-state index in [2.05, 4.69) is 18.2 Å². The second-order valence-corrected chi connectivity index (χ2v) is 8.75. The van der Waals surface area contributed by atoms with Crippen molar-refractivity contribution in [2.75, 3.05) is 0 Å². The zero-order chi connectivity index (χ0) is 22.7. The standard InChI is InChI=1S/C28H28O4/c1-19-16-23(10-12-25(19)30)28(14-4-3-5-15-28)24-11-13-26(20(2)17-24)32-27(31)22-8-6-21(18-29)7-9-22/h6-13,16-18,30H,3-5,14-15H2,1-2H3. The second kappa shape index (κ2) is 8.99. The molecular weight excluding hydrogens is 400 g/mol. The van der Waals surface area contributed by atoms with E-state index in [0.717, 1.165) is 43.1 Å². The van der Waals surface area contributed by atoms with Crippen LogP contribution in [0.5, 0.6) is 11.5 Å². The van der Waals surface area contributed by atoms with Crippen molar-refractivity contribution >= 4 is 12.3 Å². The van der Waals surface area contributed by atoms with Gasteiger partial charge in [0.15, 0.2) is 0 Å². The van der Waals surface area contributed by atoms with E-state index in [9.17, 15) is 14.7 Å². The lowest BCUT2D eigenvalue weighted by Crippen LogP contribution is -2.30. The topological polar surface area (TPSA) is 63.6 Å². The molecule has 3 aromatic carbocycles. The minimum Gasteiger partial charge on any atom is -0.508 e. The SMILES string of the molecule is Cc1cc(C2(c3ccc(OC(=O)c4ccc(C=O)cc4)c(C)c3)CCCCC2)ccc1O. The molecule has 1 fully saturated rings.